The number of rotatable bonds is 22. The molecule has 0 saturated carbocycles. The summed E-state index contributed by atoms with van der Waals surface area (Å²) in [6, 6.07) is 12.9. The van der Waals surface area contributed by atoms with Gasteiger partial charge >= 0.3 is 0 Å². The number of carbonyl (C=O) groups excluding carboxylic acids is 5. The largest absolute Gasteiger partial charge is 0.507 e. The summed E-state index contributed by atoms with van der Waals surface area (Å²) in [6.45, 7) is 3.43. The van der Waals surface area contributed by atoms with Crippen molar-refractivity contribution in [2.24, 2.45) is 11.7 Å². The van der Waals surface area contributed by atoms with Crippen molar-refractivity contribution in [1.82, 2.24) is 20.4 Å². The minimum Gasteiger partial charge on any atom is -0.507 e. The highest BCUT2D eigenvalue weighted by Crippen LogP contribution is 2.39. The molecule has 2 atom stereocenters. The molecule has 0 spiro atoms. The molecule has 14 heteroatoms. The number of fused-ring (bicyclic) bond motifs is 1. The van der Waals surface area contributed by atoms with Crippen LogP contribution in [0.4, 0.5) is 11.5 Å². The third-order valence-corrected chi connectivity index (χ3v) is 10.4. The number of nitrogen functional groups attached to an aromatic ring is 1. The lowest BCUT2D eigenvalue weighted by Crippen LogP contribution is -2.41. The van der Waals surface area contributed by atoms with Crippen LogP contribution in [0.5, 0.6) is 11.5 Å². The minimum atomic E-state index is -0.984. The summed E-state index contributed by atoms with van der Waals surface area (Å²) in [4.78, 5) is 59.3. The molecule has 0 fully saturated rings. The molecule has 300 valence electrons. The van der Waals surface area contributed by atoms with Crippen molar-refractivity contribution in [3.8, 4) is 22.8 Å². The lowest BCUT2D eigenvalue weighted by Gasteiger charge is -2.32. The Morgan fingerprint density at radius 1 is 0.964 bits per heavy atom. The quantitative estimate of drug-likeness (QED) is 0.0348. The van der Waals surface area contributed by atoms with E-state index in [1.807, 2.05) is 6.07 Å². The highest BCUT2D eigenvalue weighted by atomic mass is 16.5. The van der Waals surface area contributed by atoms with Gasteiger partial charge in [0.05, 0.1) is 23.8 Å². The number of imide groups is 1. The third-order valence-electron chi connectivity index (χ3n) is 10.4. The van der Waals surface area contributed by atoms with Gasteiger partial charge in [0.1, 0.15) is 17.7 Å². The van der Waals surface area contributed by atoms with Crippen LogP contribution < -0.4 is 26.8 Å². The Hall–Kier alpha value is -5.79. The first-order chi connectivity index (χ1) is 27.1. The number of amides is 4. The van der Waals surface area contributed by atoms with Crippen LogP contribution in [0.3, 0.4) is 0 Å². The maximum atomic E-state index is 13.2. The van der Waals surface area contributed by atoms with Crippen LogP contribution in [0, 0.1) is 5.92 Å². The summed E-state index contributed by atoms with van der Waals surface area (Å²) < 4.78 is 6.05. The average Bonchev–Trinajstić information content (AvgIpc) is 3.46. The highest BCUT2D eigenvalue weighted by molar-refractivity contribution is 6.24. The van der Waals surface area contributed by atoms with Crippen molar-refractivity contribution in [1.29, 1.82) is 0 Å². The van der Waals surface area contributed by atoms with E-state index in [2.05, 4.69) is 33.5 Å². The zero-order chi connectivity index (χ0) is 40.5. The monoisotopic (exact) mass is 769 g/mol. The van der Waals surface area contributed by atoms with Crippen LogP contribution in [0.25, 0.3) is 11.3 Å². The number of nitrogens with zero attached hydrogens (tertiary/aromatic N) is 3. The van der Waals surface area contributed by atoms with Gasteiger partial charge in [0.2, 0.25) is 12.3 Å². The molecule has 0 radical (unpaired) electrons. The van der Waals surface area contributed by atoms with Crippen LogP contribution in [-0.4, -0.2) is 76.9 Å². The van der Waals surface area contributed by atoms with E-state index in [-0.39, 0.29) is 42.3 Å². The standard InChI is InChI=1S/C41H52N6O6.CH3NO/c1-27-28(23-29(27)26-53-36-24-34(45-46-39(36)42)31-16-11-12-19-35(31)49)15-10-8-6-4-3-5-7-9-13-22-44-33-18-14-17-32-38(33)41(52)47(40(32)51)30(25-48)20-21-37(50)43-2;2-1-3/h11-12,14,16-19,24-25,29-30,44,49H,3-10,13,15,20-23,26H2,1-2H3,(H2,42,46)(H,43,50);1H,(H2,2,3). The van der Waals surface area contributed by atoms with E-state index in [4.69, 9.17) is 15.3 Å². The molecule has 5 rings (SSSR count). The summed E-state index contributed by atoms with van der Waals surface area (Å²) in [6.07, 6.45) is 13.7. The van der Waals surface area contributed by atoms with Gasteiger partial charge in [0.15, 0.2) is 11.6 Å². The van der Waals surface area contributed by atoms with E-state index in [9.17, 15) is 24.3 Å². The van der Waals surface area contributed by atoms with Crippen molar-refractivity contribution in [2.45, 2.75) is 96.4 Å². The number of phenolic OH excluding ortho intramolecular Hbond substituents is 1. The van der Waals surface area contributed by atoms with Gasteiger partial charge in [0, 0.05) is 43.2 Å². The lowest BCUT2D eigenvalue weighted by atomic mass is 9.76. The minimum absolute atomic E-state index is 0.0464. The number of hydrogen-bond acceptors (Lipinski definition) is 11. The fourth-order valence-corrected chi connectivity index (χ4v) is 7.10. The summed E-state index contributed by atoms with van der Waals surface area (Å²) in [5.74, 6) is -0.0168. The lowest BCUT2D eigenvalue weighted by molar-refractivity contribution is -0.121. The number of nitrogens with one attached hydrogen (secondary N) is 2. The van der Waals surface area contributed by atoms with E-state index in [1.54, 1.807) is 48.0 Å². The Bertz CT molecular complexity index is 1860. The Morgan fingerprint density at radius 2 is 1.62 bits per heavy atom. The Balaban J connectivity index is 0.00000225. The number of benzene rings is 2. The Kier molecular flexibility index (Phi) is 16.8. The molecule has 1 aromatic heterocycles. The van der Waals surface area contributed by atoms with Crippen LogP contribution in [0.2, 0.25) is 0 Å². The molecule has 2 unspecified atom stereocenters. The van der Waals surface area contributed by atoms with Gasteiger partial charge < -0.3 is 36.7 Å². The van der Waals surface area contributed by atoms with Crippen molar-refractivity contribution in [3.63, 3.8) is 0 Å². The van der Waals surface area contributed by atoms with E-state index in [1.165, 1.54) is 51.1 Å². The summed E-state index contributed by atoms with van der Waals surface area (Å²) in [5, 5.41) is 24.1. The molecule has 1 aliphatic heterocycles. The first-order valence-corrected chi connectivity index (χ1v) is 19.4. The number of phenols is 1. The molecule has 0 saturated heterocycles. The number of aldehydes is 1. The number of carbonyl (C=O) groups is 5. The normalized spacial score (nSPS) is 15.0. The molecule has 56 heavy (non-hydrogen) atoms. The number of unbranched alkanes of at least 4 members (excludes halogenated alkanes) is 8. The van der Waals surface area contributed by atoms with E-state index >= 15 is 0 Å². The number of aromatic nitrogens is 2. The fourth-order valence-electron chi connectivity index (χ4n) is 7.10. The number of ether oxygens (including phenoxy) is 1. The van der Waals surface area contributed by atoms with E-state index in [0.717, 1.165) is 37.0 Å². The second-order valence-electron chi connectivity index (χ2n) is 14.1. The number of allylic oxidation sites excluding steroid dienone is 1. The smallest absolute Gasteiger partial charge is 0.264 e. The summed E-state index contributed by atoms with van der Waals surface area (Å²) in [5.41, 5.74) is 15.4. The SMILES string of the molecule is CNC(=O)CCC(C=O)N1C(=O)c2cccc(NCCCCCCCCCCCC3=C(C)C(COc4cc(-c5ccccc5O)nnc4N)C3)c2C1=O.NC=O. The van der Waals surface area contributed by atoms with Crippen LogP contribution >= 0.6 is 0 Å². The molecule has 4 amide bonds. The molecule has 2 aromatic carbocycles. The van der Waals surface area contributed by atoms with Crippen LogP contribution in [-0.2, 0) is 14.4 Å². The van der Waals surface area contributed by atoms with Gasteiger partial charge in [-0.15, -0.1) is 10.2 Å². The maximum Gasteiger partial charge on any atom is 0.264 e. The number of para-hydroxylation sites is 1. The Morgan fingerprint density at radius 3 is 2.29 bits per heavy atom. The molecule has 3 aromatic rings. The van der Waals surface area contributed by atoms with Gasteiger partial charge in [-0.2, -0.15) is 0 Å². The zero-order valence-electron chi connectivity index (χ0n) is 32.4. The molecular weight excluding hydrogens is 715 g/mol. The predicted octanol–water partition coefficient (Wildman–Crippen LogP) is 5.95. The van der Waals surface area contributed by atoms with E-state index < -0.39 is 17.9 Å². The number of primary amides is 1. The molecule has 0 bridgehead atoms. The maximum absolute atomic E-state index is 13.2. The second kappa shape index (κ2) is 21.9. The third kappa shape index (κ3) is 11.4. The number of anilines is 2. The molecule has 14 nitrogen and oxygen atoms in total. The van der Waals surface area contributed by atoms with Gasteiger partial charge in [-0.3, -0.25) is 24.1 Å². The topological polar surface area (TPSA) is 220 Å². The second-order valence-corrected chi connectivity index (χ2v) is 14.1. The van der Waals surface area contributed by atoms with Crippen molar-refractivity contribution < 1.29 is 33.8 Å². The molecule has 2 heterocycles. The average molecular weight is 770 g/mol. The van der Waals surface area contributed by atoms with Crippen molar-refractivity contribution >= 4 is 41.9 Å². The highest BCUT2D eigenvalue weighted by Gasteiger charge is 2.41. The van der Waals surface area contributed by atoms with Gasteiger partial charge in [-0.1, -0.05) is 74.3 Å². The predicted molar refractivity (Wildman–Crippen MR) is 215 cm³/mol. The van der Waals surface area contributed by atoms with Gasteiger partial charge in [-0.25, -0.2) is 0 Å². The summed E-state index contributed by atoms with van der Waals surface area (Å²) in [7, 11) is 1.50. The molecule has 7 N–H and O–H groups in total. The number of aromatic hydroxyl groups is 1. The molecule has 1 aliphatic carbocycles. The first-order valence-electron chi connectivity index (χ1n) is 19.4. The van der Waals surface area contributed by atoms with Crippen molar-refractivity contribution in [3.05, 3.63) is 70.8 Å². The summed E-state index contributed by atoms with van der Waals surface area (Å²) >= 11 is 0. The first kappa shape index (κ1) is 42.9. The zero-order valence-corrected chi connectivity index (χ0v) is 32.4. The fraction of sp³-hybridized carbons (Fsp3) is 0.452. The van der Waals surface area contributed by atoms with Crippen molar-refractivity contribution in [2.75, 3.05) is 31.2 Å². The van der Waals surface area contributed by atoms with Gasteiger partial charge in [-0.05, 0) is 63.3 Å². The van der Waals surface area contributed by atoms with Gasteiger partial charge in [0.25, 0.3) is 11.8 Å². The van der Waals surface area contributed by atoms with E-state index in [0.29, 0.717) is 53.6 Å². The molecular formula is C42H55N7O7. The Labute approximate surface area is 328 Å². The number of hydrogen-bond donors (Lipinski definition) is 5. The van der Waals surface area contributed by atoms with Crippen LogP contribution in [0.15, 0.2) is 59.7 Å². The van der Waals surface area contributed by atoms with Crippen LogP contribution in [0.1, 0.15) is 111 Å². The number of nitrogens with two attached hydrogens (primary N) is 2. The molecule has 2 aliphatic rings.